The lowest BCUT2D eigenvalue weighted by Gasteiger charge is -2.28. The number of halogens is 1. The molecule has 0 saturated carbocycles. The molecule has 2 aromatic carbocycles. The Kier molecular flexibility index (Phi) is 9.03. The molecule has 264 valence electrons. The summed E-state index contributed by atoms with van der Waals surface area (Å²) in [5, 5.41) is 17.7. The van der Waals surface area contributed by atoms with Gasteiger partial charge in [0.1, 0.15) is 22.9 Å². The van der Waals surface area contributed by atoms with Crippen LogP contribution in [-0.2, 0) is 11.3 Å². The number of carbonyl (C=O) groups is 3. The summed E-state index contributed by atoms with van der Waals surface area (Å²) in [7, 11) is 0. The summed E-state index contributed by atoms with van der Waals surface area (Å²) < 4.78 is 3.93. The lowest BCUT2D eigenvalue weighted by Crippen LogP contribution is -2.52. The van der Waals surface area contributed by atoms with Crippen molar-refractivity contribution in [1.29, 1.82) is 0 Å². The molecule has 5 aromatic rings. The average Bonchev–Trinajstić information content (AvgIpc) is 3.89. The smallest absolute Gasteiger partial charge is 0.263 e. The minimum Gasteiger partial charge on any atom is -0.354 e. The molecule has 0 radical (unpaired) electrons. The van der Waals surface area contributed by atoms with E-state index in [1.807, 2.05) is 49.0 Å². The van der Waals surface area contributed by atoms with Gasteiger partial charge in [0.2, 0.25) is 5.91 Å². The Hall–Kier alpha value is -5.82. The largest absolute Gasteiger partial charge is 0.354 e. The first-order valence-corrected chi connectivity index (χ1v) is 18.6. The number of aryl methyl sites for hydroxylation is 2. The van der Waals surface area contributed by atoms with Gasteiger partial charge in [-0.2, -0.15) is 5.10 Å². The SMILES string of the molecule is Cc1c(C#Cc2cnn(CCCC#Cc3cccc4c3C(=O)N(C3CCCNC3=O)C4=O)c2)sc2c1C(c1ccc(Cl)cc1)=N[C@@H](C)c1nnc(C)n1-2. The van der Waals surface area contributed by atoms with Gasteiger partial charge in [0.05, 0.1) is 33.5 Å². The lowest BCUT2D eigenvalue weighted by atomic mass is 9.99. The Morgan fingerprint density at radius 3 is 2.64 bits per heavy atom. The van der Waals surface area contributed by atoms with Crippen LogP contribution in [0, 0.1) is 37.5 Å². The molecule has 1 N–H and O–H groups in total. The zero-order valence-corrected chi connectivity index (χ0v) is 30.8. The normalized spacial score (nSPS) is 17.5. The van der Waals surface area contributed by atoms with Crippen molar-refractivity contribution in [2.75, 3.05) is 6.54 Å². The molecule has 1 saturated heterocycles. The van der Waals surface area contributed by atoms with Crippen molar-refractivity contribution in [3.8, 4) is 28.7 Å². The summed E-state index contributed by atoms with van der Waals surface area (Å²) in [6.07, 6.45) is 6.13. The van der Waals surface area contributed by atoms with Crippen LogP contribution in [0.2, 0.25) is 5.02 Å². The number of benzene rings is 2. The molecular weight excluding hydrogens is 708 g/mol. The predicted molar refractivity (Wildman–Crippen MR) is 202 cm³/mol. The number of imide groups is 1. The van der Waals surface area contributed by atoms with Gasteiger partial charge in [0.25, 0.3) is 11.8 Å². The highest BCUT2D eigenvalue weighted by molar-refractivity contribution is 7.15. The van der Waals surface area contributed by atoms with Crippen molar-refractivity contribution in [2.24, 2.45) is 4.99 Å². The fourth-order valence-corrected chi connectivity index (χ4v) is 8.30. The lowest BCUT2D eigenvalue weighted by molar-refractivity contribution is -0.126. The van der Waals surface area contributed by atoms with Crippen molar-refractivity contribution in [2.45, 2.75) is 65.1 Å². The average molecular weight is 741 g/mol. The van der Waals surface area contributed by atoms with Gasteiger partial charge in [0.15, 0.2) is 5.82 Å². The molecule has 1 fully saturated rings. The topological polar surface area (TPSA) is 127 Å². The molecule has 0 bridgehead atoms. The second kappa shape index (κ2) is 14.0. The van der Waals surface area contributed by atoms with Gasteiger partial charge in [0, 0.05) is 47.4 Å². The molecule has 3 amide bonds. The van der Waals surface area contributed by atoms with Crippen LogP contribution in [0.5, 0.6) is 0 Å². The minimum absolute atomic E-state index is 0.191. The van der Waals surface area contributed by atoms with E-state index in [1.54, 1.807) is 35.7 Å². The number of amides is 3. The molecule has 3 aliphatic rings. The molecule has 2 atom stereocenters. The van der Waals surface area contributed by atoms with Gasteiger partial charge < -0.3 is 5.32 Å². The van der Waals surface area contributed by atoms with Crippen molar-refractivity contribution in [3.05, 3.63) is 115 Å². The van der Waals surface area contributed by atoms with E-state index in [-0.39, 0.29) is 17.5 Å². The van der Waals surface area contributed by atoms with Gasteiger partial charge >= 0.3 is 0 Å². The Morgan fingerprint density at radius 2 is 1.83 bits per heavy atom. The van der Waals surface area contributed by atoms with E-state index in [0.29, 0.717) is 48.5 Å². The second-order valence-electron chi connectivity index (χ2n) is 13.1. The van der Waals surface area contributed by atoms with Crippen LogP contribution in [0.15, 0.2) is 59.9 Å². The number of piperidine rings is 1. The Labute approximate surface area is 315 Å². The first-order valence-electron chi connectivity index (χ1n) is 17.4. The van der Waals surface area contributed by atoms with Crippen LogP contribution in [0.1, 0.15) is 104 Å². The van der Waals surface area contributed by atoms with E-state index >= 15 is 0 Å². The molecule has 3 aromatic heterocycles. The molecule has 8 rings (SSSR count). The quantitative estimate of drug-likeness (QED) is 0.138. The van der Waals surface area contributed by atoms with E-state index in [4.69, 9.17) is 16.6 Å². The zero-order valence-electron chi connectivity index (χ0n) is 29.2. The summed E-state index contributed by atoms with van der Waals surface area (Å²) in [6.45, 7) is 7.23. The van der Waals surface area contributed by atoms with Crippen molar-refractivity contribution in [3.63, 3.8) is 0 Å². The molecule has 13 heteroatoms. The number of thiophene rings is 1. The number of fused-ring (bicyclic) bond motifs is 4. The predicted octanol–water partition coefficient (Wildman–Crippen LogP) is 5.81. The van der Waals surface area contributed by atoms with Crippen LogP contribution in [-0.4, -0.2) is 65.5 Å². The first-order chi connectivity index (χ1) is 25.7. The Bertz CT molecular complexity index is 2490. The summed E-state index contributed by atoms with van der Waals surface area (Å²) in [5.41, 5.74) is 5.74. The number of hydrogen-bond donors (Lipinski definition) is 1. The number of carbonyl (C=O) groups excluding carboxylic acids is 3. The summed E-state index contributed by atoms with van der Waals surface area (Å²) in [5.74, 6) is 13.3. The molecule has 11 nitrogen and oxygen atoms in total. The Morgan fingerprint density at radius 1 is 1.00 bits per heavy atom. The maximum absolute atomic E-state index is 13.3. The number of aliphatic imine (C=N–C) groups is 1. The number of nitrogens with one attached hydrogen (secondary N) is 1. The van der Waals surface area contributed by atoms with Crippen molar-refractivity contribution in [1.82, 2.24) is 34.8 Å². The van der Waals surface area contributed by atoms with Gasteiger partial charge in [-0.3, -0.25) is 33.5 Å². The molecule has 6 heterocycles. The van der Waals surface area contributed by atoms with Crippen molar-refractivity contribution < 1.29 is 14.4 Å². The third kappa shape index (κ3) is 6.24. The number of unbranched alkanes of at least 4 members (excludes halogenated alkanes) is 1. The highest BCUT2D eigenvalue weighted by Gasteiger charge is 2.44. The third-order valence-electron chi connectivity index (χ3n) is 9.61. The van der Waals surface area contributed by atoms with Gasteiger partial charge in [-0.05, 0) is 69.9 Å². The van der Waals surface area contributed by atoms with Gasteiger partial charge in [-0.15, -0.1) is 21.5 Å². The summed E-state index contributed by atoms with van der Waals surface area (Å²) >= 11 is 7.82. The van der Waals surface area contributed by atoms with E-state index in [0.717, 1.165) is 60.8 Å². The molecule has 0 aliphatic carbocycles. The number of rotatable bonds is 5. The molecule has 1 unspecified atom stereocenters. The first kappa shape index (κ1) is 34.3. The summed E-state index contributed by atoms with van der Waals surface area (Å²) in [6, 6.07) is 11.8. The van der Waals surface area contributed by atoms with E-state index < -0.39 is 17.9 Å². The number of hydrogen-bond acceptors (Lipinski definition) is 8. The third-order valence-corrected chi connectivity index (χ3v) is 11.1. The minimum atomic E-state index is -0.788. The monoisotopic (exact) mass is 740 g/mol. The van der Waals surface area contributed by atoms with E-state index in [2.05, 4.69) is 55.8 Å². The van der Waals surface area contributed by atoms with Crippen molar-refractivity contribution >= 4 is 46.4 Å². The maximum atomic E-state index is 13.3. The highest BCUT2D eigenvalue weighted by atomic mass is 35.5. The fraction of sp³-hybridized carbons (Fsp3) is 0.275. The van der Waals surface area contributed by atoms with Crippen LogP contribution in [0.25, 0.3) is 5.00 Å². The van der Waals surface area contributed by atoms with Crippen LogP contribution in [0.3, 0.4) is 0 Å². The number of nitrogens with zero attached hydrogens (tertiary/aromatic N) is 7. The molecule has 53 heavy (non-hydrogen) atoms. The zero-order chi connectivity index (χ0) is 36.8. The molecular formula is C40H33ClN8O3S. The maximum Gasteiger partial charge on any atom is 0.263 e. The van der Waals surface area contributed by atoms with Gasteiger partial charge in [-0.1, -0.05) is 53.5 Å². The second-order valence-corrected chi connectivity index (χ2v) is 14.6. The van der Waals surface area contributed by atoms with Crippen LogP contribution < -0.4 is 5.32 Å². The molecule has 3 aliphatic heterocycles. The van der Waals surface area contributed by atoms with E-state index in [9.17, 15) is 14.4 Å². The van der Waals surface area contributed by atoms with Crippen LogP contribution >= 0.6 is 22.9 Å². The fourth-order valence-electron chi connectivity index (χ4n) is 6.96. The standard InChI is InChI=1S/C40H33ClN8O3S/c1-23-32(53-40-33(23)35(28-14-16-29(41)17-15-28)44-24(2)36-46-45-25(3)48(36)40)18-13-26-21-43-47(22-26)20-6-4-5-9-27-10-7-11-30-34(27)39(52)49(38(30)51)31-12-8-19-42-37(31)50/h7,10-11,14-17,21-22,24,31H,4,6,8,12,19-20H2,1-3H3,(H,42,50)/t24-,31?/m0/s1. The number of aromatic nitrogens is 5. The molecule has 0 spiro atoms. The van der Waals surface area contributed by atoms with Gasteiger partial charge in [-0.25, -0.2) is 0 Å². The van der Waals surface area contributed by atoms with E-state index in [1.165, 1.54) is 0 Å². The summed E-state index contributed by atoms with van der Waals surface area (Å²) in [4.78, 5) is 46.0. The Balaban J connectivity index is 0.966. The van der Waals surface area contributed by atoms with Crippen LogP contribution in [0.4, 0.5) is 0 Å². The highest BCUT2D eigenvalue weighted by Crippen LogP contribution is 2.39.